The molecule has 0 saturated carbocycles. The number of amides is 2. The van der Waals surface area contributed by atoms with Crippen molar-refractivity contribution in [2.24, 2.45) is 5.92 Å². The van der Waals surface area contributed by atoms with Gasteiger partial charge in [-0.25, -0.2) is 4.79 Å². The highest BCUT2D eigenvalue weighted by atomic mass is 16.6. The number of rotatable bonds is 6. The first-order chi connectivity index (χ1) is 9.43. The summed E-state index contributed by atoms with van der Waals surface area (Å²) >= 11 is 0. The minimum absolute atomic E-state index is 0.000653. The molecule has 0 bridgehead atoms. The summed E-state index contributed by atoms with van der Waals surface area (Å²) in [5, 5.41) is 24.8. The number of hydrogen-bond acceptors (Lipinski definition) is 4. The summed E-state index contributed by atoms with van der Waals surface area (Å²) in [5.74, 6) is 0.199. The molecule has 2 amide bonds. The third-order valence-corrected chi connectivity index (χ3v) is 2.90. The molecule has 0 heterocycles. The molecule has 1 rings (SSSR count). The summed E-state index contributed by atoms with van der Waals surface area (Å²) in [4.78, 5) is 21.8. The van der Waals surface area contributed by atoms with Gasteiger partial charge in [0.2, 0.25) is 0 Å². The van der Waals surface area contributed by atoms with Gasteiger partial charge in [-0.2, -0.15) is 0 Å². The fraction of sp³-hybridized carbons (Fsp3) is 0.462. The lowest BCUT2D eigenvalue weighted by molar-refractivity contribution is -0.384. The SMILES string of the molecule is CC(C)[C@H](CCO)NC(=O)Nc1ccc([N+](=O)[O-])cc1. The zero-order valence-corrected chi connectivity index (χ0v) is 11.5. The average molecular weight is 281 g/mol. The van der Waals surface area contributed by atoms with E-state index < -0.39 is 11.0 Å². The third kappa shape index (κ3) is 4.85. The Bertz CT molecular complexity index is 459. The summed E-state index contributed by atoms with van der Waals surface area (Å²) in [7, 11) is 0. The molecular weight excluding hydrogens is 262 g/mol. The molecule has 7 nitrogen and oxygen atoms in total. The van der Waals surface area contributed by atoms with Crippen LogP contribution in [0.1, 0.15) is 20.3 Å². The fourth-order valence-corrected chi connectivity index (χ4v) is 1.71. The van der Waals surface area contributed by atoms with Crippen LogP contribution in [0.2, 0.25) is 0 Å². The second-order valence-corrected chi connectivity index (χ2v) is 4.77. The molecule has 3 N–H and O–H groups in total. The number of urea groups is 1. The Morgan fingerprint density at radius 2 is 1.95 bits per heavy atom. The topological polar surface area (TPSA) is 104 Å². The largest absolute Gasteiger partial charge is 0.396 e. The Morgan fingerprint density at radius 3 is 2.40 bits per heavy atom. The molecule has 1 aromatic carbocycles. The van der Waals surface area contributed by atoms with Gasteiger partial charge in [-0.3, -0.25) is 10.1 Å². The highest BCUT2D eigenvalue weighted by Crippen LogP contribution is 2.15. The van der Waals surface area contributed by atoms with E-state index in [1.54, 1.807) is 0 Å². The number of nitrogens with zero attached hydrogens (tertiary/aromatic N) is 1. The van der Waals surface area contributed by atoms with Crippen molar-refractivity contribution >= 4 is 17.4 Å². The Labute approximate surface area is 117 Å². The minimum Gasteiger partial charge on any atom is -0.396 e. The maximum atomic E-state index is 11.8. The van der Waals surface area contributed by atoms with Crippen LogP contribution in [0.25, 0.3) is 0 Å². The second kappa shape index (κ2) is 7.44. The van der Waals surface area contributed by atoms with Gasteiger partial charge in [-0.15, -0.1) is 0 Å². The van der Waals surface area contributed by atoms with Gasteiger partial charge < -0.3 is 15.7 Å². The van der Waals surface area contributed by atoms with Crippen LogP contribution in [0.4, 0.5) is 16.2 Å². The maximum absolute atomic E-state index is 11.8. The van der Waals surface area contributed by atoms with E-state index in [2.05, 4.69) is 10.6 Å². The van der Waals surface area contributed by atoms with Crippen molar-refractivity contribution in [3.63, 3.8) is 0 Å². The summed E-state index contributed by atoms with van der Waals surface area (Å²) in [6.07, 6.45) is 0.478. The van der Waals surface area contributed by atoms with E-state index >= 15 is 0 Å². The molecule has 0 aliphatic carbocycles. The number of hydrogen-bond donors (Lipinski definition) is 3. The maximum Gasteiger partial charge on any atom is 0.319 e. The van der Waals surface area contributed by atoms with Crippen LogP contribution in [0.3, 0.4) is 0 Å². The van der Waals surface area contributed by atoms with Crippen molar-refractivity contribution in [3.05, 3.63) is 34.4 Å². The second-order valence-electron chi connectivity index (χ2n) is 4.77. The number of aliphatic hydroxyl groups excluding tert-OH is 1. The minimum atomic E-state index is -0.500. The molecule has 0 unspecified atom stereocenters. The predicted molar refractivity (Wildman–Crippen MR) is 75.6 cm³/mol. The number of carbonyl (C=O) groups excluding carboxylic acids is 1. The molecule has 110 valence electrons. The van der Waals surface area contributed by atoms with E-state index in [9.17, 15) is 14.9 Å². The molecule has 0 aliphatic heterocycles. The molecular formula is C13H19N3O4. The van der Waals surface area contributed by atoms with E-state index in [1.807, 2.05) is 13.8 Å². The van der Waals surface area contributed by atoms with Gasteiger partial charge in [0.25, 0.3) is 5.69 Å². The van der Waals surface area contributed by atoms with Gasteiger partial charge in [0.05, 0.1) is 4.92 Å². The van der Waals surface area contributed by atoms with E-state index in [-0.39, 0.29) is 24.3 Å². The number of anilines is 1. The van der Waals surface area contributed by atoms with Crippen molar-refractivity contribution in [2.45, 2.75) is 26.3 Å². The monoisotopic (exact) mass is 281 g/mol. The molecule has 0 spiro atoms. The van der Waals surface area contributed by atoms with Crippen LogP contribution in [-0.2, 0) is 0 Å². The number of nitro groups is 1. The van der Waals surface area contributed by atoms with Crippen LogP contribution >= 0.6 is 0 Å². The van der Waals surface area contributed by atoms with E-state index in [0.717, 1.165) is 0 Å². The standard InChI is InChI=1S/C13H19N3O4/c1-9(2)12(7-8-17)15-13(18)14-10-3-5-11(6-4-10)16(19)20/h3-6,9,12,17H,7-8H2,1-2H3,(H2,14,15,18)/t12-/m0/s1. The zero-order valence-electron chi connectivity index (χ0n) is 11.5. The first-order valence-corrected chi connectivity index (χ1v) is 6.37. The van der Waals surface area contributed by atoms with Crippen LogP contribution in [-0.4, -0.2) is 28.7 Å². The molecule has 0 radical (unpaired) electrons. The molecule has 0 saturated heterocycles. The Morgan fingerprint density at radius 1 is 1.35 bits per heavy atom. The number of nitrogens with one attached hydrogen (secondary N) is 2. The first-order valence-electron chi connectivity index (χ1n) is 6.37. The number of carbonyl (C=O) groups is 1. The zero-order chi connectivity index (χ0) is 15.1. The van der Waals surface area contributed by atoms with E-state index in [0.29, 0.717) is 12.1 Å². The van der Waals surface area contributed by atoms with Gasteiger partial charge >= 0.3 is 6.03 Å². The average Bonchev–Trinajstić information content (AvgIpc) is 2.38. The first kappa shape index (κ1) is 15.9. The number of benzene rings is 1. The molecule has 0 aliphatic rings. The molecule has 7 heteroatoms. The van der Waals surface area contributed by atoms with Crippen molar-refractivity contribution in [3.8, 4) is 0 Å². The predicted octanol–water partition coefficient (Wildman–Crippen LogP) is 2.12. The summed E-state index contributed by atoms with van der Waals surface area (Å²) in [6, 6.07) is 5.05. The molecule has 20 heavy (non-hydrogen) atoms. The Kier molecular flexibility index (Phi) is 5.92. The highest BCUT2D eigenvalue weighted by Gasteiger charge is 2.15. The lowest BCUT2D eigenvalue weighted by Gasteiger charge is -2.21. The smallest absolute Gasteiger partial charge is 0.319 e. The summed E-state index contributed by atoms with van der Waals surface area (Å²) < 4.78 is 0. The van der Waals surface area contributed by atoms with Crippen LogP contribution in [0.15, 0.2) is 24.3 Å². The third-order valence-electron chi connectivity index (χ3n) is 2.90. The number of non-ortho nitro benzene ring substituents is 1. The van der Waals surface area contributed by atoms with Crippen LogP contribution < -0.4 is 10.6 Å². The van der Waals surface area contributed by atoms with Crippen molar-refractivity contribution in [1.29, 1.82) is 0 Å². The van der Waals surface area contributed by atoms with Crippen LogP contribution in [0.5, 0.6) is 0 Å². The van der Waals surface area contributed by atoms with E-state index in [1.165, 1.54) is 24.3 Å². The van der Waals surface area contributed by atoms with Crippen molar-refractivity contribution in [1.82, 2.24) is 5.32 Å². The Hall–Kier alpha value is -2.15. The molecule has 0 aromatic heterocycles. The fourth-order valence-electron chi connectivity index (χ4n) is 1.71. The number of nitro benzene ring substituents is 1. The Balaban J connectivity index is 2.59. The van der Waals surface area contributed by atoms with Gasteiger partial charge in [0.1, 0.15) is 0 Å². The van der Waals surface area contributed by atoms with E-state index in [4.69, 9.17) is 5.11 Å². The van der Waals surface area contributed by atoms with Crippen molar-refractivity contribution < 1.29 is 14.8 Å². The quantitative estimate of drug-likeness (QED) is 0.548. The lowest BCUT2D eigenvalue weighted by Crippen LogP contribution is -2.41. The normalized spacial score (nSPS) is 12.0. The van der Waals surface area contributed by atoms with Gasteiger partial charge in [-0.05, 0) is 24.5 Å². The summed E-state index contributed by atoms with van der Waals surface area (Å²) in [5.41, 5.74) is 0.441. The highest BCUT2D eigenvalue weighted by molar-refractivity contribution is 5.89. The molecule has 1 atom stereocenters. The molecule has 1 aromatic rings. The van der Waals surface area contributed by atoms with Crippen molar-refractivity contribution in [2.75, 3.05) is 11.9 Å². The van der Waals surface area contributed by atoms with Gasteiger partial charge in [-0.1, -0.05) is 13.8 Å². The molecule has 0 fully saturated rings. The lowest BCUT2D eigenvalue weighted by atomic mass is 10.0. The van der Waals surface area contributed by atoms with Gasteiger partial charge in [0, 0.05) is 30.5 Å². The number of aliphatic hydroxyl groups is 1. The summed E-state index contributed by atoms with van der Waals surface area (Å²) in [6.45, 7) is 3.90. The van der Waals surface area contributed by atoms with Gasteiger partial charge in [0.15, 0.2) is 0 Å². The van der Waals surface area contributed by atoms with Crippen LogP contribution in [0, 0.1) is 16.0 Å².